The van der Waals surface area contributed by atoms with Crippen molar-refractivity contribution in [1.29, 1.82) is 0 Å². The molecular weight excluding hydrogens is 190 g/mol. The van der Waals surface area contributed by atoms with Crippen LogP contribution in [0.25, 0.3) is 0 Å². The van der Waals surface area contributed by atoms with Gasteiger partial charge in [0.2, 0.25) is 5.88 Å². The highest BCUT2D eigenvalue weighted by atomic mass is 16.5. The maximum absolute atomic E-state index is 4.95. The van der Waals surface area contributed by atoms with Gasteiger partial charge in [-0.15, -0.1) is 11.7 Å². The fraction of sp³-hybridized carbons (Fsp3) is 0.455. The Labute approximate surface area is 90.4 Å². The average molecular weight is 207 g/mol. The van der Waals surface area contributed by atoms with Gasteiger partial charge in [0.15, 0.2) is 0 Å². The van der Waals surface area contributed by atoms with Crippen molar-refractivity contribution in [3.8, 4) is 5.88 Å². The van der Waals surface area contributed by atoms with Crippen molar-refractivity contribution in [1.82, 2.24) is 15.5 Å². The summed E-state index contributed by atoms with van der Waals surface area (Å²) in [5, 5.41) is 11.4. The third-order valence-corrected chi connectivity index (χ3v) is 2.08. The molecule has 1 rings (SSSR count). The first kappa shape index (κ1) is 11.7. The van der Waals surface area contributed by atoms with Crippen LogP contribution in [-0.4, -0.2) is 23.9 Å². The number of rotatable bonds is 6. The second-order valence-electron chi connectivity index (χ2n) is 3.14. The van der Waals surface area contributed by atoms with Gasteiger partial charge in [0, 0.05) is 6.07 Å². The predicted molar refractivity (Wildman–Crippen MR) is 59.8 cm³/mol. The lowest BCUT2D eigenvalue weighted by atomic mass is 10.1. The van der Waals surface area contributed by atoms with Crippen molar-refractivity contribution in [2.24, 2.45) is 0 Å². The van der Waals surface area contributed by atoms with E-state index in [1.165, 1.54) is 0 Å². The summed E-state index contributed by atoms with van der Waals surface area (Å²) >= 11 is 0. The van der Waals surface area contributed by atoms with Gasteiger partial charge in [0.1, 0.15) is 0 Å². The molecule has 1 aromatic heterocycles. The zero-order valence-corrected chi connectivity index (χ0v) is 9.23. The average Bonchev–Trinajstić information content (AvgIpc) is 2.29. The standard InChI is InChI=1S/C11H17N3O/c1-4-6-9(12-5-2)10-7-8-11(15-3)14-13-10/h4,7-9,12H,1,5-6H2,2-3H3. The Morgan fingerprint density at radius 1 is 1.53 bits per heavy atom. The molecule has 1 atom stereocenters. The highest BCUT2D eigenvalue weighted by Gasteiger charge is 2.10. The van der Waals surface area contributed by atoms with Crippen LogP contribution < -0.4 is 10.1 Å². The molecule has 82 valence electrons. The van der Waals surface area contributed by atoms with Gasteiger partial charge in [-0.25, -0.2) is 0 Å². The number of methoxy groups -OCH3 is 1. The smallest absolute Gasteiger partial charge is 0.233 e. The van der Waals surface area contributed by atoms with Crippen molar-refractivity contribution >= 4 is 0 Å². The first-order valence-electron chi connectivity index (χ1n) is 5.03. The second kappa shape index (κ2) is 6.14. The summed E-state index contributed by atoms with van der Waals surface area (Å²) in [5.74, 6) is 0.535. The monoisotopic (exact) mass is 207 g/mol. The number of nitrogens with zero attached hydrogens (tertiary/aromatic N) is 2. The van der Waals surface area contributed by atoms with Crippen LogP contribution in [0.5, 0.6) is 5.88 Å². The van der Waals surface area contributed by atoms with E-state index in [9.17, 15) is 0 Å². The Morgan fingerprint density at radius 2 is 2.33 bits per heavy atom. The molecule has 0 saturated heterocycles. The summed E-state index contributed by atoms with van der Waals surface area (Å²) in [6.07, 6.45) is 2.72. The van der Waals surface area contributed by atoms with E-state index < -0.39 is 0 Å². The van der Waals surface area contributed by atoms with Crippen molar-refractivity contribution in [2.45, 2.75) is 19.4 Å². The van der Waals surface area contributed by atoms with Crippen LogP contribution in [0.3, 0.4) is 0 Å². The molecule has 1 N–H and O–H groups in total. The molecule has 15 heavy (non-hydrogen) atoms. The maximum Gasteiger partial charge on any atom is 0.233 e. The summed E-state index contributed by atoms with van der Waals surface area (Å²) < 4.78 is 4.95. The summed E-state index contributed by atoms with van der Waals surface area (Å²) in [4.78, 5) is 0. The van der Waals surface area contributed by atoms with E-state index in [2.05, 4.69) is 29.0 Å². The van der Waals surface area contributed by atoms with Crippen molar-refractivity contribution in [3.05, 3.63) is 30.5 Å². The molecule has 4 nitrogen and oxygen atoms in total. The highest BCUT2D eigenvalue weighted by molar-refractivity contribution is 5.14. The molecule has 1 heterocycles. The fourth-order valence-electron chi connectivity index (χ4n) is 1.35. The van der Waals surface area contributed by atoms with E-state index in [0.29, 0.717) is 5.88 Å². The zero-order chi connectivity index (χ0) is 11.1. The topological polar surface area (TPSA) is 47.0 Å². The molecule has 4 heteroatoms. The number of ether oxygens (including phenoxy) is 1. The summed E-state index contributed by atoms with van der Waals surface area (Å²) in [7, 11) is 1.58. The Morgan fingerprint density at radius 3 is 2.80 bits per heavy atom. The first-order valence-corrected chi connectivity index (χ1v) is 5.03. The lowest BCUT2D eigenvalue weighted by molar-refractivity contribution is 0.389. The Hall–Kier alpha value is -1.42. The summed E-state index contributed by atoms with van der Waals surface area (Å²) in [5.41, 5.74) is 0.914. The van der Waals surface area contributed by atoms with E-state index in [-0.39, 0.29) is 6.04 Å². The Kier molecular flexibility index (Phi) is 4.77. The molecule has 0 aliphatic heterocycles. The predicted octanol–water partition coefficient (Wildman–Crippen LogP) is 1.71. The van der Waals surface area contributed by atoms with Crippen molar-refractivity contribution in [2.75, 3.05) is 13.7 Å². The number of aromatic nitrogens is 2. The molecule has 0 radical (unpaired) electrons. The third kappa shape index (κ3) is 3.32. The number of nitrogens with one attached hydrogen (secondary N) is 1. The minimum atomic E-state index is 0.186. The molecule has 0 saturated carbocycles. The Bertz CT molecular complexity index is 297. The maximum atomic E-state index is 4.95. The van der Waals surface area contributed by atoms with Crippen LogP contribution in [0, 0.1) is 0 Å². The molecule has 0 amide bonds. The number of hydrogen-bond acceptors (Lipinski definition) is 4. The van der Waals surface area contributed by atoms with Crippen LogP contribution in [0.1, 0.15) is 25.1 Å². The van der Waals surface area contributed by atoms with Gasteiger partial charge in [-0.2, -0.15) is 5.10 Å². The normalized spacial score (nSPS) is 12.1. The van der Waals surface area contributed by atoms with E-state index in [1.54, 1.807) is 7.11 Å². The third-order valence-electron chi connectivity index (χ3n) is 2.08. The van der Waals surface area contributed by atoms with E-state index >= 15 is 0 Å². The second-order valence-corrected chi connectivity index (χ2v) is 3.14. The van der Waals surface area contributed by atoms with E-state index in [1.807, 2.05) is 18.2 Å². The quantitative estimate of drug-likeness (QED) is 0.721. The van der Waals surface area contributed by atoms with Crippen LogP contribution in [-0.2, 0) is 0 Å². The largest absolute Gasteiger partial charge is 0.480 e. The van der Waals surface area contributed by atoms with Gasteiger partial charge in [-0.1, -0.05) is 13.0 Å². The van der Waals surface area contributed by atoms with Crippen LogP contribution >= 0.6 is 0 Å². The minimum absolute atomic E-state index is 0.186. The molecule has 0 fully saturated rings. The molecule has 1 aromatic rings. The molecule has 1 unspecified atom stereocenters. The van der Waals surface area contributed by atoms with Gasteiger partial charge in [-0.3, -0.25) is 0 Å². The first-order chi connectivity index (χ1) is 7.31. The van der Waals surface area contributed by atoms with E-state index in [0.717, 1.165) is 18.7 Å². The summed E-state index contributed by atoms with van der Waals surface area (Å²) in [6.45, 7) is 6.69. The molecule has 0 bridgehead atoms. The minimum Gasteiger partial charge on any atom is -0.480 e. The molecule has 0 spiro atoms. The van der Waals surface area contributed by atoms with Crippen LogP contribution in [0.15, 0.2) is 24.8 Å². The molecule has 0 aromatic carbocycles. The fourth-order valence-corrected chi connectivity index (χ4v) is 1.35. The summed E-state index contributed by atoms with van der Waals surface area (Å²) in [6, 6.07) is 3.92. The highest BCUT2D eigenvalue weighted by Crippen LogP contribution is 2.15. The number of hydrogen-bond donors (Lipinski definition) is 1. The van der Waals surface area contributed by atoms with Crippen LogP contribution in [0.4, 0.5) is 0 Å². The Balaban J connectivity index is 2.76. The van der Waals surface area contributed by atoms with Gasteiger partial charge >= 0.3 is 0 Å². The van der Waals surface area contributed by atoms with Crippen molar-refractivity contribution < 1.29 is 4.74 Å². The SMILES string of the molecule is C=CCC(NCC)c1ccc(OC)nn1. The van der Waals surface area contributed by atoms with Crippen molar-refractivity contribution in [3.63, 3.8) is 0 Å². The molecule has 0 aliphatic carbocycles. The van der Waals surface area contributed by atoms with E-state index in [4.69, 9.17) is 4.74 Å². The van der Waals surface area contributed by atoms with Crippen LogP contribution in [0.2, 0.25) is 0 Å². The van der Waals surface area contributed by atoms with Gasteiger partial charge < -0.3 is 10.1 Å². The molecule has 0 aliphatic rings. The van der Waals surface area contributed by atoms with Gasteiger partial charge in [0.25, 0.3) is 0 Å². The molecular formula is C11H17N3O. The zero-order valence-electron chi connectivity index (χ0n) is 9.23. The lowest BCUT2D eigenvalue weighted by Gasteiger charge is -2.14. The lowest BCUT2D eigenvalue weighted by Crippen LogP contribution is -2.21. The van der Waals surface area contributed by atoms with Gasteiger partial charge in [-0.05, 0) is 19.0 Å². The van der Waals surface area contributed by atoms with Gasteiger partial charge in [0.05, 0.1) is 18.8 Å².